The summed E-state index contributed by atoms with van der Waals surface area (Å²) >= 11 is 0. The molecule has 50 heavy (non-hydrogen) atoms. The van der Waals surface area contributed by atoms with Gasteiger partial charge in [-0.25, -0.2) is 15.0 Å². The molecule has 3 aromatic heterocycles. The quantitative estimate of drug-likeness (QED) is 0.185. The Hall–Kier alpha value is -6.85. The van der Waals surface area contributed by atoms with Crippen molar-refractivity contribution < 1.29 is 29.1 Å². The van der Waals surface area contributed by atoms with Gasteiger partial charge >= 0.3 is 0 Å². The van der Waals surface area contributed by atoms with Crippen molar-refractivity contribution >= 4 is 43.7 Å². The number of rotatable bonds is 5. The topological polar surface area (TPSA) is 56.7 Å². The van der Waals surface area contributed by atoms with Crippen LogP contribution in [0.2, 0.25) is 0 Å². The number of furan rings is 1. The highest BCUT2D eigenvalue weighted by atomic mass is 16.3. The van der Waals surface area contributed by atoms with Crippen LogP contribution in [0.25, 0.3) is 94.7 Å². The number of fused-ring (bicyclic) bond motifs is 6. The minimum atomic E-state index is -0.819. The van der Waals surface area contributed by atoms with Crippen LogP contribution in [0.5, 0.6) is 0 Å². The van der Waals surface area contributed by atoms with Crippen molar-refractivity contribution in [2.45, 2.75) is 0 Å². The Balaban J connectivity index is 1.35. The second-order valence-electron chi connectivity index (χ2n) is 11.1. The highest BCUT2D eigenvalue weighted by Gasteiger charge is 2.18. The maximum absolute atomic E-state index is 9.77. The van der Waals surface area contributed by atoms with E-state index in [0.717, 1.165) is 4.57 Å². The van der Waals surface area contributed by atoms with E-state index in [9.17, 15) is 9.60 Å². The summed E-state index contributed by atoms with van der Waals surface area (Å²) in [5, 5.41) is -1.44. The molecular formula is C45H28N4O. The molecule has 10 aromatic rings. The minimum Gasteiger partial charge on any atom is -0.455 e. The summed E-state index contributed by atoms with van der Waals surface area (Å²) in [6.45, 7) is 0. The van der Waals surface area contributed by atoms with E-state index < -0.39 is 153 Å². The molecule has 0 saturated carbocycles. The fraction of sp³-hybridized carbons (Fsp3) is 0. The second-order valence-corrected chi connectivity index (χ2v) is 11.1. The van der Waals surface area contributed by atoms with Gasteiger partial charge in [0.1, 0.15) is 11.2 Å². The maximum Gasteiger partial charge on any atom is 0.164 e. The Morgan fingerprint density at radius 1 is 0.460 bits per heavy atom. The van der Waals surface area contributed by atoms with Crippen molar-refractivity contribution in [3.05, 3.63) is 169 Å². The van der Waals surface area contributed by atoms with Gasteiger partial charge in [0.25, 0.3) is 0 Å². The van der Waals surface area contributed by atoms with E-state index in [-0.39, 0.29) is 39.2 Å². The molecule has 0 fully saturated rings. The van der Waals surface area contributed by atoms with Crippen LogP contribution in [0.1, 0.15) is 24.7 Å². The van der Waals surface area contributed by atoms with E-state index in [1.165, 1.54) is 0 Å². The largest absolute Gasteiger partial charge is 0.455 e. The normalized spacial score (nSPS) is 16.6. The van der Waals surface area contributed by atoms with Crippen LogP contribution < -0.4 is 0 Å². The van der Waals surface area contributed by atoms with Gasteiger partial charge in [0.2, 0.25) is 0 Å². The third kappa shape index (κ3) is 4.60. The average molecular weight is 659 g/mol. The van der Waals surface area contributed by atoms with Crippen LogP contribution in [0.15, 0.2) is 174 Å². The van der Waals surface area contributed by atoms with E-state index in [1.54, 1.807) is 60.7 Å². The molecular weight excluding hydrogens is 613 g/mol. The molecule has 0 amide bonds. The molecule has 10 rings (SSSR count). The van der Waals surface area contributed by atoms with Crippen molar-refractivity contribution in [3.8, 4) is 51.0 Å². The van der Waals surface area contributed by atoms with E-state index in [4.69, 9.17) is 19.5 Å². The molecule has 0 N–H and O–H groups in total. The molecule has 0 bridgehead atoms. The molecule has 0 saturated heterocycles. The zero-order valence-corrected chi connectivity index (χ0v) is 25.5. The Kier molecular flexibility index (Phi) is 3.55. The summed E-state index contributed by atoms with van der Waals surface area (Å²) in [7, 11) is 0. The zero-order valence-electron chi connectivity index (χ0n) is 43.5. The first-order valence-electron chi connectivity index (χ1n) is 24.2. The Morgan fingerprint density at radius 2 is 1.10 bits per heavy atom. The van der Waals surface area contributed by atoms with Crippen molar-refractivity contribution in [1.29, 1.82) is 0 Å². The zero-order chi connectivity index (χ0) is 48.7. The van der Waals surface area contributed by atoms with Crippen LogP contribution in [-0.2, 0) is 0 Å². The molecule has 234 valence electrons. The van der Waals surface area contributed by atoms with E-state index in [1.807, 2.05) is 0 Å². The van der Waals surface area contributed by atoms with Gasteiger partial charge in [-0.3, -0.25) is 0 Å². The Labute approximate surface area is 313 Å². The molecule has 0 atom stereocenters. The molecule has 0 aliphatic rings. The van der Waals surface area contributed by atoms with E-state index in [0.29, 0.717) is 11.1 Å². The van der Waals surface area contributed by atoms with Crippen LogP contribution in [0.3, 0.4) is 0 Å². The van der Waals surface area contributed by atoms with Gasteiger partial charge in [0.15, 0.2) is 17.5 Å². The smallest absolute Gasteiger partial charge is 0.164 e. The highest BCUT2D eigenvalue weighted by Crippen LogP contribution is 2.39. The van der Waals surface area contributed by atoms with Crippen molar-refractivity contribution in [3.63, 3.8) is 0 Å². The van der Waals surface area contributed by atoms with Crippen molar-refractivity contribution in [2.75, 3.05) is 0 Å². The number of hydrogen-bond donors (Lipinski definition) is 0. The third-order valence-electron chi connectivity index (χ3n) is 8.10. The van der Waals surface area contributed by atoms with E-state index in [2.05, 4.69) is 15.0 Å². The molecule has 0 spiro atoms. The number of hydrogen-bond acceptors (Lipinski definition) is 4. The van der Waals surface area contributed by atoms with Gasteiger partial charge in [-0.05, 0) is 41.8 Å². The first kappa shape index (κ1) is 15.6. The summed E-state index contributed by atoms with van der Waals surface area (Å²) in [5.74, 6) is 0.0994. The van der Waals surface area contributed by atoms with Crippen molar-refractivity contribution in [2.24, 2.45) is 0 Å². The summed E-state index contributed by atoms with van der Waals surface area (Å²) in [6.07, 6.45) is 0. The molecule has 5 heteroatoms. The lowest BCUT2D eigenvalue weighted by atomic mass is 10.0. The number of benzene rings is 7. The van der Waals surface area contributed by atoms with Crippen molar-refractivity contribution in [1.82, 2.24) is 19.5 Å². The van der Waals surface area contributed by atoms with Gasteiger partial charge in [-0.2, -0.15) is 0 Å². The van der Waals surface area contributed by atoms with Crippen LogP contribution >= 0.6 is 0 Å². The fourth-order valence-corrected chi connectivity index (χ4v) is 5.84. The SMILES string of the molecule is [2H]c1c([2H])c([2H])c(-c2c([2H])c([2H])c([2H])c3c2oc2c([2H])c(-n4c5c([2H])c([2H])c([2H])c([2H])c5c5c([2H])c(-c6nc(-c7ccccc7)nc(-c7ccccc7)n6)c([2H])c([2H])c54)c([2H])c([2H])c23)c([2H])c1[2H]. The fourth-order valence-electron chi connectivity index (χ4n) is 5.84. The average Bonchev–Trinajstić information content (AvgIpc) is 3.92. The van der Waals surface area contributed by atoms with Crippen LogP contribution in [0, 0.1) is 0 Å². The predicted octanol–water partition coefficient (Wildman–Crippen LogP) is 11.5. The highest BCUT2D eigenvalue weighted by molar-refractivity contribution is 6.12. The molecule has 5 nitrogen and oxygen atoms in total. The van der Waals surface area contributed by atoms with Gasteiger partial charge in [0.05, 0.1) is 35.7 Å². The first-order valence-corrected chi connectivity index (χ1v) is 15.2. The number of aromatic nitrogens is 4. The van der Waals surface area contributed by atoms with E-state index >= 15 is 0 Å². The molecule has 0 aliphatic heterocycles. The van der Waals surface area contributed by atoms with Crippen LogP contribution in [-0.4, -0.2) is 19.5 Å². The molecule has 0 radical (unpaired) electrons. The van der Waals surface area contributed by atoms with Gasteiger partial charge in [0, 0.05) is 55.5 Å². The summed E-state index contributed by atoms with van der Waals surface area (Å²) < 4.78 is 169. The lowest BCUT2D eigenvalue weighted by Gasteiger charge is -2.10. The predicted molar refractivity (Wildman–Crippen MR) is 203 cm³/mol. The standard InChI is InChI=1S/C45H28N4O/c1-4-13-29(14-5-1)34-20-12-21-37-36-25-24-33(28-41(36)50-42(34)37)49-39-22-11-10-19-35(39)38-27-32(23-26-40(38)49)45-47-43(30-15-6-2-7-16-30)46-44(48-45)31-17-8-3-9-18-31/h1-28H/i1D,4D,5D,10D,11D,12D,13D,14D,19D,20D,21D,22D,23D,24D,25D,26D,27D,28D. The van der Waals surface area contributed by atoms with Gasteiger partial charge in [-0.15, -0.1) is 0 Å². The summed E-state index contributed by atoms with van der Waals surface area (Å²) in [5.41, 5.74) is -2.83. The monoisotopic (exact) mass is 658 g/mol. The summed E-state index contributed by atoms with van der Waals surface area (Å²) in [4.78, 5) is 14.0. The maximum atomic E-state index is 9.77. The molecule has 0 unspecified atom stereocenters. The third-order valence-corrected chi connectivity index (χ3v) is 8.10. The van der Waals surface area contributed by atoms with Crippen LogP contribution in [0.4, 0.5) is 0 Å². The second kappa shape index (κ2) is 11.4. The lowest BCUT2D eigenvalue weighted by molar-refractivity contribution is 0.669. The Morgan fingerprint density at radius 3 is 1.84 bits per heavy atom. The molecule has 3 heterocycles. The number of para-hydroxylation sites is 2. The minimum absolute atomic E-state index is 0.157. The summed E-state index contributed by atoms with van der Waals surface area (Å²) in [6, 6.07) is 4.39. The lowest BCUT2D eigenvalue weighted by Crippen LogP contribution is -2.00. The molecule has 0 aliphatic carbocycles. The molecule has 7 aromatic carbocycles. The Bertz CT molecular complexity index is 3810. The number of nitrogens with zero attached hydrogens (tertiary/aromatic N) is 4. The first-order chi connectivity index (χ1) is 32.3. The van der Waals surface area contributed by atoms with Gasteiger partial charge < -0.3 is 8.98 Å². The van der Waals surface area contributed by atoms with Gasteiger partial charge in [-0.1, -0.05) is 127 Å².